The first kappa shape index (κ1) is 30.4. The lowest BCUT2D eigenvalue weighted by Gasteiger charge is -2.25. The first-order chi connectivity index (χ1) is 17.1. The molecule has 0 aliphatic rings. The highest BCUT2D eigenvalue weighted by molar-refractivity contribution is 5.98. The predicted molar refractivity (Wildman–Crippen MR) is 132 cm³/mol. The molecule has 0 spiro atoms. The van der Waals surface area contributed by atoms with Crippen molar-refractivity contribution in [3.05, 3.63) is 29.8 Å². The van der Waals surface area contributed by atoms with Crippen LogP contribution in [0.1, 0.15) is 51.5 Å². The highest BCUT2D eigenvalue weighted by atomic mass is 16.5. The summed E-state index contributed by atoms with van der Waals surface area (Å²) in [5.74, 6) is -2.12. The Morgan fingerprint density at radius 1 is 0.972 bits per heavy atom. The zero-order valence-corrected chi connectivity index (χ0v) is 21.0. The van der Waals surface area contributed by atoms with Gasteiger partial charge in [-0.2, -0.15) is 0 Å². The van der Waals surface area contributed by atoms with E-state index in [0.717, 1.165) is 0 Å². The number of rotatable bonds is 15. The number of primary amides is 1. The van der Waals surface area contributed by atoms with Gasteiger partial charge in [0.05, 0.1) is 13.7 Å². The highest BCUT2D eigenvalue weighted by Crippen LogP contribution is 2.12. The summed E-state index contributed by atoms with van der Waals surface area (Å²) in [5, 5.41) is 19.7. The number of benzene rings is 1. The maximum Gasteiger partial charge on any atom is 0.312 e. The van der Waals surface area contributed by atoms with E-state index in [1.807, 2.05) is 0 Å². The molecular formula is C24H37N5O7. The topological polar surface area (TPSA) is 189 Å². The van der Waals surface area contributed by atoms with Crippen LogP contribution in [0.2, 0.25) is 0 Å². The molecule has 0 heterocycles. The number of esters is 1. The third kappa shape index (κ3) is 11.6. The largest absolute Gasteiger partial charge is 0.469 e. The van der Waals surface area contributed by atoms with Gasteiger partial charge in [-0.15, -0.1) is 0 Å². The molecule has 0 aliphatic heterocycles. The van der Waals surface area contributed by atoms with Crippen LogP contribution in [0.4, 0.5) is 10.5 Å². The maximum atomic E-state index is 13.0. The van der Waals surface area contributed by atoms with Crippen molar-refractivity contribution in [1.82, 2.24) is 16.0 Å². The molecule has 0 aliphatic carbocycles. The summed E-state index contributed by atoms with van der Waals surface area (Å²) < 4.78 is 4.55. The van der Waals surface area contributed by atoms with Crippen molar-refractivity contribution in [2.45, 2.75) is 64.6 Å². The zero-order chi connectivity index (χ0) is 27.1. The first-order valence-corrected chi connectivity index (χ1v) is 11.8. The fourth-order valence-electron chi connectivity index (χ4n) is 3.25. The average Bonchev–Trinajstić information content (AvgIpc) is 2.84. The second-order valence-electron chi connectivity index (χ2n) is 8.56. The number of aliphatic hydroxyl groups is 1. The molecule has 1 aromatic carbocycles. The maximum absolute atomic E-state index is 13.0. The molecule has 200 valence electrons. The van der Waals surface area contributed by atoms with Gasteiger partial charge in [-0.25, -0.2) is 4.79 Å². The van der Waals surface area contributed by atoms with Crippen LogP contribution in [-0.4, -0.2) is 60.6 Å². The van der Waals surface area contributed by atoms with E-state index in [2.05, 4.69) is 26.0 Å². The van der Waals surface area contributed by atoms with Crippen LogP contribution in [0.15, 0.2) is 24.3 Å². The standard InChI is InChI=1S/C24H37N5O7/c1-15(2)21(29-19(31)7-4-8-20(32)36-3)23(34)28-18(6-5-13-26-24(25)35)22(33)27-17-11-9-16(14-30)10-12-17/h9-12,15,18,21,30H,4-8,13-14H2,1-3H3,(H,27,33)(H,28,34)(H,29,31)(H3,25,26,35)/t18-,21-/m0/s1. The van der Waals surface area contributed by atoms with Crippen molar-refractivity contribution in [3.63, 3.8) is 0 Å². The minimum atomic E-state index is -0.956. The number of hydrogen-bond donors (Lipinski definition) is 6. The quantitative estimate of drug-likeness (QED) is 0.147. The molecule has 0 saturated heterocycles. The monoisotopic (exact) mass is 507 g/mol. The van der Waals surface area contributed by atoms with Crippen LogP contribution in [0, 0.1) is 5.92 Å². The van der Waals surface area contributed by atoms with Crippen molar-refractivity contribution in [3.8, 4) is 0 Å². The highest BCUT2D eigenvalue weighted by Gasteiger charge is 2.28. The summed E-state index contributed by atoms with van der Waals surface area (Å²) >= 11 is 0. The van der Waals surface area contributed by atoms with Gasteiger partial charge >= 0.3 is 12.0 Å². The van der Waals surface area contributed by atoms with Gasteiger partial charge in [0, 0.05) is 25.1 Å². The Kier molecular flexibility index (Phi) is 13.6. The van der Waals surface area contributed by atoms with Crippen molar-refractivity contribution < 1.29 is 33.8 Å². The van der Waals surface area contributed by atoms with Gasteiger partial charge in [0.15, 0.2) is 0 Å². The SMILES string of the molecule is COC(=O)CCCC(=O)N[C@H](C(=O)N[C@@H](CCCNC(N)=O)C(=O)Nc1ccc(CO)cc1)C(C)C. The molecule has 12 heteroatoms. The van der Waals surface area contributed by atoms with Crippen LogP contribution in [0.25, 0.3) is 0 Å². The number of aliphatic hydroxyl groups excluding tert-OH is 1. The molecule has 5 amide bonds. The smallest absolute Gasteiger partial charge is 0.312 e. The molecule has 36 heavy (non-hydrogen) atoms. The number of amides is 5. The Morgan fingerprint density at radius 3 is 2.19 bits per heavy atom. The number of carbonyl (C=O) groups is 5. The fourth-order valence-corrected chi connectivity index (χ4v) is 3.25. The molecule has 0 unspecified atom stereocenters. The molecule has 12 nitrogen and oxygen atoms in total. The van der Waals surface area contributed by atoms with Crippen molar-refractivity contribution in [2.75, 3.05) is 19.0 Å². The molecule has 0 aromatic heterocycles. The van der Waals surface area contributed by atoms with Crippen LogP contribution >= 0.6 is 0 Å². The fraction of sp³-hybridized carbons (Fsp3) is 0.542. The predicted octanol–water partition coefficient (Wildman–Crippen LogP) is 0.535. The van der Waals surface area contributed by atoms with E-state index in [1.54, 1.807) is 38.1 Å². The van der Waals surface area contributed by atoms with Crippen LogP contribution in [0.3, 0.4) is 0 Å². The van der Waals surface area contributed by atoms with E-state index in [1.165, 1.54) is 7.11 Å². The number of ether oxygens (including phenoxy) is 1. The summed E-state index contributed by atoms with van der Waals surface area (Å²) in [6, 6.07) is 4.01. The van der Waals surface area contributed by atoms with E-state index in [4.69, 9.17) is 5.73 Å². The van der Waals surface area contributed by atoms with Gasteiger partial charge in [-0.3, -0.25) is 19.2 Å². The molecule has 1 aromatic rings. The lowest BCUT2D eigenvalue weighted by Crippen LogP contribution is -2.54. The van der Waals surface area contributed by atoms with E-state index in [9.17, 15) is 29.1 Å². The van der Waals surface area contributed by atoms with Crippen LogP contribution < -0.4 is 27.0 Å². The normalized spacial score (nSPS) is 12.2. The first-order valence-electron chi connectivity index (χ1n) is 11.8. The number of carbonyl (C=O) groups excluding carboxylic acids is 5. The Bertz CT molecular complexity index is 889. The Labute approximate surface area is 210 Å². The van der Waals surface area contributed by atoms with Crippen molar-refractivity contribution in [2.24, 2.45) is 11.7 Å². The second-order valence-corrected chi connectivity index (χ2v) is 8.56. The summed E-state index contributed by atoms with van der Waals surface area (Å²) in [6.45, 7) is 3.59. The van der Waals surface area contributed by atoms with Crippen molar-refractivity contribution >= 4 is 35.4 Å². The Hall–Kier alpha value is -3.67. The third-order valence-electron chi connectivity index (χ3n) is 5.28. The van der Waals surface area contributed by atoms with Crippen LogP contribution in [-0.2, 0) is 30.5 Å². The van der Waals surface area contributed by atoms with Gasteiger partial charge in [-0.1, -0.05) is 26.0 Å². The second kappa shape index (κ2) is 16.1. The number of urea groups is 1. The molecule has 0 saturated carbocycles. The van der Waals surface area contributed by atoms with E-state index >= 15 is 0 Å². The number of hydrogen-bond acceptors (Lipinski definition) is 7. The van der Waals surface area contributed by atoms with Gasteiger partial charge in [0.1, 0.15) is 12.1 Å². The van der Waals surface area contributed by atoms with E-state index in [-0.39, 0.29) is 44.8 Å². The lowest BCUT2D eigenvalue weighted by atomic mass is 10.0. The molecular weight excluding hydrogens is 470 g/mol. The number of nitrogens with one attached hydrogen (secondary N) is 4. The van der Waals surface area contributed by atoms with Gasteiger partial charge in [0.2, 0.25) is 17.7 Å². The molecule has 2 atom stereocenters. The van der Waals surface area contributed by atoms with Gasteiger partial charge < -0.3 is 36.8 Å². The Balaban J connectivity index is 2.85. The third-order valence-corrected chi connectivity index (χ3v) is 5.28. The summed E-state index contributed by atoms with van der Waals surface area (Å²) in [5.41, 5.74) is 6.23. The molecule has 0 radical (unpaired) electrons. The van der Waals surface area contributed by atoms with Gasteiger partial charge in [0.25, 0.3) is 0 Å². The average molecular weight is 508 g/mol. The Morgan fingerprint density at radius 2 is 1.64 bits per heavy atom. The molecule has 7 N–H and O–H groups in total. The van der Waals surface area contributed by atoms with Crippen molar-refractivity contribution in [1.29, 1.82) is 0 Å². The number of nitrogens with two attached hydrogens (primary N) is 1. The minimum Gasteiger partial charge on any atom is -0.469 e. The van der Waals surface area contributed by atoms with E-state index in [0.29, 0.717) is 17.7 Å². The molecule has 1 rings (SSSR count). The summed E-state index contributed by atoms with van der Waals surface area (Å²) in [6.07, 6.45) is 0.959. The van der Waals surface area contributed by atoms with E-state index < -0.39 is 41.8 Å². The summed E-state index contributed by atoms with van der Waals surface area (Å²) in [4.78, 5) is 60.5. The number of anilines is 1. The summed E-state index contributed by atoms with van der Waals surface area (Å²) in [7, 11) is 1.27. The lowest BCUT2D eigenvalue weighted by molar-refractivity contribution is -0.140. The number of methoxy groups -OCH3 is 1. The molecule has 0 bridgehead atoms. The zero-order valence-electron chi connectivity index (χ0n) is 21.0. The van der Waals surface area contributed by atoms with Gasteiger partial charge in [-0.05, 0) is 42.9 Å². The van der Waals surface area contributed by atoms with Crippen LogP contribution in [0.5, 0.6) is 0 Å². The molecule has 0 fully saturated rings. The minimum absolute atomic E-state index is 0.0398.